The summed E-state index contributed by atoms with van der Waals surface area (Å²) in [5, 5.41) is 3.15. The number of rotatable bonds is 7. The minimum Gasteiger partial charge on any atom is -0.348 e. The molecular formula is C20H23FN2O. The van der Waals surface area contributed by atoms with E-state index >= 15 is 0 Å². The normalized spacial score (nSPS) is 16.4. The Bertz CT molecular complexity index is 698. The molecule has 1 N–H and O–H groups in total. The second kappa shape index (κ2) is 7.12. The minimum absolute atomic E-state index is 0.0717. The number of benzene rings is 1. The quantitative estimate of drug-likeness (QED) is 0.824. The van der Waals surface area contributed by atoms with Crippen molar-refractivity contribution in [1.82, 2.24) is 10.3 Å². The monoisotopic (exact) mass is 326 g/mol. The Balaban J connectivity index is 1.80. The van der Waals surface area contributed by atoms with Gasteiger partial charge >= 0.3 is 0 Å². The fourth-order valence-corrected chi connectivity index (χ4v) is 3.20. The number of hydrogen-bond acceptors (Lipinski definition) is 2. The van der Waals surface area contributed by atoms with Crippen LogP contribution in [0.2, 0.25) is 0 Å². The highest BCUT2D eigenvalue weighted by Crippen LogP contribution is 2.49. The third-order valence-corrected chi connectivity index (χ3v) is 4.81. The molecule has 2 aromatic rings. The van der Waals surface area contributed by atoms with E-state index in [1.807, 2.05) is 12.1 Å². The highest BCUT2D eigenvalue weighted by Gasteiger charge is 2.53. The number of amides is 1. The van der Waals surface area contributed by atoms with Crippen molar-refractivity contribution in [3.8, 4) is 0 Å². The molecule has 0 aliphatic heterocycles. The smallest absolute Gasteiger partial charge is 0.231 e. The molecule has 0 saturated heterocycles. The molecule has 1 heterocycles. The topological polar surface area (TPSA) is 42.0 Å². The Morgan fingerprint density at radius 2 is 2.08 bits per heavy atom. The minimum atomic E-state index is -0.696. The molecule has 0 radical (unpaired) electrons. The fraction of sp³-hybridized carbons (Fsp3) is 0.400. The molecule has 1 amide bonds. The Labute approximate surface area is 142 Å². The van der Waals surface area contributed by atoms with Crippen LogP contribution < -0.4 is 5.32 Å². The molecule has 0 spiro atoms. The predicted molar refractivity (Wildman–Crippen MR) is 92.0 cm³/mol. The zero-order chi connectivity index (χ0) is 17.0. The van der Waals surface area contributed by atoms with E-state index in [2.05, 4.69) is 17.2 Å². The molecule has 1 atom stereocenters. The second-order valence-corrected chi connectivity index (χ2v) is 6.52. The zero-order valence-electron chi connectivity index (χ0n) is 14.0. The molecule has 24 heavy (non-hydrogen) atoms. The van der Waals surface area contributed by atoms with Gasteiger partial charge in [-0.2, -0.15) is 0 Å². The van der Waals surface area contributed by atoms with Crippen LogP contribution in [0.4, 0.5) is 4.39 Å². The summed E-state index contributed by atoms with van der Waals surface area (Å²) in [5.41, 5.74) is 0.824. The number of halogens is 1. The van der Waals surface area contributed by atoms with Gasteiger partial charge in [-0.05, 0) is 37.0 Å². The van der Waals surface area contributed by atoms with Crippen LogP contribution in [0.1, 0.15) is 56.2 Å². The lowest BCUT2D eigenvalue weighted by atomic mass is 9.93. The number of pyridine rings is 1. The van der Waals surface area contributed by atoms with E-state index in [0.717, 1.165) is 24.8 Å². The van der Waals surface area contributed by atoms with Gasteiger partial charge < -0.3 is 5.32 Å². The number of nitrogens with zero attached hydrogens (tertiary/aromatic N) is 1. The van der Waals surface area contributed by atoms with E-state index in [4.69, 9.17) is 0 Å². The van der Waals surface area contributed by atoms with Gasteiger partial charge in [0.2, 0.25) is 5.91 Å². The Morgan fingerprint density at radius 3 is 2.71 bits per heavy atom. The maximum Gasteiger partial charge on any atom is 0.231 e. The summed E-state index contributed by atoms with van der Waals surface area (Å²) in [6, 6.07) is 10.4. The molecule has 1 unspecified atom stereocenters. The van der Waals surface area contributed by atoms with Gasteiger partial charge in [0.25, 0.3) is 0 Å². The first kappa shape index (κ1) is 16.6. The largest absolute Gasteiger partial charge is 0.348 e. The maximum absolute atomic E-state index is 14.2. The number of carbonyl (C=O) groups is 1. The average Bonchev–Trinajstić information content (AvgIpc) is 3.41. The summed E-state index contributed by atoms with van der Waals surface area (Å²) < 4.78 is 14.2. The molecule has 1 aliphatic carbocycles. The second-order valence-electron chi connectivity index (χ2n) is 6.52. The third-order valence-electron chi connectivity index (χ3n) is 4.81. The van der Waals surface area contributed by atoms with E-state index in [0.29, 0.717) is 18.4 Å². The number of aromatic nitrogens is 1. The van der Waals surface area contributed by atoms with Gasteiger partial charge in [0.05, 0.1) is 11.5 Å². The standard InChI is InChI=1S/C20H23FN2O/c1-2-3-10-18(15-7-6-13-22-14-15)23-19(24)20(11-12-20)16-8-4-5-9-17(16)21/h4-9,13-14,18H,2-3,10-12H2,1H3,(H,23,24). The van der Waals surface area contributed by atoms with Crippen LogP contribution in [0.5, 0.6) is 0 Å². The van der Waals surface area contributed by atoms with Crippen molar-refractivity contribution < 1.29 is 9.18 Å². The molecule has 3 rings (SSSR count). The summed E-state index contributed by atoms with van der Waals surface area (Å²) in [6.07, 6.45) is 7.87. The van der Waals surface area contributed by atoms with E-state index < -0.39 is 5.41 Å². The summed E-state index contributed by atoms with van der Waals surface area (Å²) in [7, 11) is 0. The number of hydrogen-bond donors (Lipinski definition) is 1. The lowest BCUT2D eigenvalue weighted by Crippen LogP contribution is -2.38. The molecule has 0 bridgehead atoms. The van der Waals surface area contributed by atoms with Gasteiger partial charge in [-0.3, -0.25) is 9.78 Å². The van der Waals surface area contributed by atoms with Crippen LogP contribution in [-0.4, -0.2) is 10.9 Å². The van der Waals surface area contributed by atoms with Crippen molar-refractivity contribution in [2.45, 2.75) is 50.5 Å². The zero-order valence-corrected chi connectivity index (χ0v) is 14.0. The number of nitrogens with one attached hydrogen (secondary N) is 1. The van der Waals surface area contributed by atoms with Crippen LogP contribution in [-0.2, 0) is 10.2 Å². The molecule has 1 aromatic carbocycles. The number of carbonyl (C=O) groups excluding carboxylic acids is 1. The molecule has 3 nitrogen and oxygen atoms in total. The highest BCUT2D eigenvalue weighted by molar-refractivity contribution is 5.91. The van der Waals surface area contributed by atoms with Crippen molar-refractivity contribution in [2.75, 3.05) is 0 Å². The van der Waals surface area contributed by atoms with Crippen LogP contribution in [0.3, 0.4) is 0 Å². The Morgan fingerprint density at radius 1 is 1.29 bits per heavy atom. The van der Waals surface area contributed by atoms with Gasteiger partial charge in [0.15, 0.2) is 0 Å². The molecular weight excluding hydrogens is 303 g/mol. The average molecular weight is 326 g/mol. The molecule has 126 valence electrons. The van der Waals surface area contributed by atoms with Crippen molar-refractivity contribution in [3.63, 3.8) is 0 Å². The van der Waals surface area contributed by atoms with Crippen molar-refractivity contribution >= 4 is 5.91 Å². The van der Waals surface area contributed by atoms with Crippen molar-refractivity contribution in [2.24, 2.45) is 0 Å². The van der Waals surface area contributed by atoms with Crippen molar-refractivity contribution in [3.05, 3.63) is 65.7 Å². The fourth-order valence-electron chi connectivity index (χ4n) is 3.20. The first-order valence-electron chi connectivity index (χ1n) is 8.63. The van der Waals surface area contributed by atoms with Gasteiger partial charge in [0.1, 0.15) is 5.82 Å². The van der Waals surface area contributed by atoms with Gasteiger partial charge in [-0.25, -0.2) is 4.39 Å². The van der Waals surface area contributed by atoms with E-state index in [1.54, 1.807) is 30.6 Å². The van der Waals surface area contributed by atoms with Crippen LogP contribution in [0.15, 0.2) is 48.8 Å². The first-order valence-corrected chi connectivity index (χ1v) is 8.63. The summed E-state index contributed by atoms with van der Waals surface area (Å²) in [5.74, 6) is -0.366. The lowest BCUT2D eigenvalue weighted by Gasteiger charge is -2.23. The number of unbranched alkanes of at least 4 members (excludes halogenated alkanes) is 1. The maximum atomic E-state index is 14.2. The van der Waals surface area contributed by atoms with E-state index in [9.17, 15) is 9.18 Å². The first-order chi connectivity index (χ1) is 11.7. The summed E-state index contributed by atoms with van der Waals surface area (Å²) in [6.45, 7) is 2.13. The predicted octanol–water partition coefficient (Wildman–Crippen LogP) is 4.30. The Kier molecular flexibility index (Phi) is 4.93. The molecule has 1 fully saturated rings. The Hall–Kier alpha value is -2.23. The molecule has 1 aromatic heterocycles. The summed E-state index contributed by atoms with van der Waals surface area (Å²) in [4.78, 5) is 17.1. The van der Waals surface area contributed by atoms with E-state index in [-0.39, 0.29) is 17.8 Å². The van der Waals surface area contributed by atoms with Crippen LogP contribution >= 0.6 is 0 Å². The molecule has 4 heteroatoms. The van der Waals surface area contributed by atoms with E-state index in [1.165, 1.54) is 6.07 Å². The lowest BCUT2D eigenvalue weighted by molar-refractivity contribution is -0.124. The highest BCUT2D eigenvalue weighted by atomic mass is 19.1. The van der Waals surface area contributed by atoms with Crippen LogP contribution in [0, 0.1) is 5.82 Å². The molecule has 1 saturated carbocycles. The van der Waals surface area contributed by atoms with Gasteiger partial charge in [-0.1, -0.05) is 44.0 Å². The third kappa shape index (κ3) is 3.32. The van der Waals surface area contributed by atoms with Crippen molar-refractivity contribution in [1.29, 1.82) is 0 Å². The van der Waals surface area contributed by atoms with Gasteiger partial charge in [0, 0.05) is 18.0 Å². The SMILES string of the molecule is CCCCC(NC(=O)C1(c2ccccc2F)CC1)c1cccnc1. The summed E-state index contributed by atoms with van der Waals surface area (Å²) >= 11 is 0. The molecule has 1 aliphatic rings. The van der Waals surface area contributed by atoms with Gasteiger partial charge in [-0.15, -0.1) is 0 Å². The van der Waals surface area contributed by atoms with Crippen LogP contribution in [0.25, 0.3) is 0 Å².